The van der Waals surface area contributed by atoms with Crippen LogP contribution in [0, 0.1) is 18.8 Å². The molecule has 0 bridgehead atoms. The number of hydrogen-bond donors (Lipinski definition) is 1. The summed E-state index contributed by atoms with van der Waals surface area (Å²) >= 11 is 0. The number of nitrogens with one attached hydrogen (secondary N) is 1. The van der Waals surface area contributed by atoms with Crippen molar-refractivity contribution in [3.63, 3.8) is 0 Å². The average molecular weight is 368 g/mol. The van der Waals surface area contributed by atoms with E-state index in [1.807, 2.05) is 6.20 Å². The number of aryl methyl sites for hydroxylation is 1. The van der Waals surface area contributed by atoms with Gasteiger partial charge in [0.2, 0.25) is 5.91 Å². The molecule has 0 saturated carbocycles. The van der Waals surface area contributed by atoms with Crippen molar-refractivity contribution in [2.24, 2.45) is 11.8 Å². The fourth-order valence-corrected chi connectivity index (χ4v) is 4.77. The Labute approximate surface area is 160 Å². The zero-order chi connectivity index (χ0) is 18.8. The van der Waals surface area contributed by atoms with Gasteiger partial charge in [-0.25, -0.2) is 4.98 Å². The molecule has 3 atom stereocenters. The van der Waals surface area contributed by atoms with Crippen LogP contribution < -0.4 is 0 Å². The maximum atomic E-state index is 12.9. The lowest BCUT2D eigenvalue weighted by molar-refractivity contribution is -0.133. The lowest BCUT2D eigenvalue weighted by Gasteiger charge is -2.31. The van der Waals surface area contributed by atoms with Crippen molar-refractivity contribution in [2.75, 3.05) is 33.4 Å². The van der Waals surface area contributed by atoms with Crippen LogP contribution in [-0.2, 0) is 16.1 Å². The first-order valence-corrected chi connectivity index (χ1v) is 9.72. The van der Waals surface area contributed by atoms with Crippen molar-refractivity contribution in [3.8, 4) is 0 Å². The van der Waals surface area contributed by atoms with E-state index >= 15 is 0 Å². The number of carbonyl (C=O) groups excluding carboxylic acids is 1. The smallest absolute Gasteiger partial charge is 0.225 e. The van der Waals surface area contributed by atoms with Gasteiger partial charge in [0, 0.05) is 45.1 Å². The Bertz CT molecular complexity index is 776. The van der Waals surface area contributed by atoms with Gasteiger partial charge in [0.1, 0.15) is 5.82 Å². The van der Waals surface area contributed by atoms with E-state index in [2.05, 4.69) is 51.0 Å². The molecule has 6 nitrogen and oxygen atoms in total. The van der Waals surface area contributed by atoms with Crippen molar-refractivity contribution in [2.45, 2.75) is 25.9 Å². The standard InChI is InChI=1S/C21H28N4O2/c1-15-5-3-4-6-17(15)21-18-13-24(14-19-22-8-9-23-19)11-16(18)12-25(21)20(26)7-10-27-2/h3-6,8-9,16,18,21H,7,10-14H2,1-2H3,(H,22,23)/t16-,18-,21+/m0/s1. The molecular weight excluding hydrogens is 340 g/mol. The van der Waals surface area contributed by atoms with Crippen LogP contribution in [0.5, 0.6) is 0 Å². The van der Waals surface area contributed by atoms with Gasteiger partial charge in [-0.15, -0.1) is 0 Å². The van der Waals surface area contributed by atoms with E-state index < -0.39 is 0 Å². The van der Waals surface area contributed by atoms with Crippen LogP contribution in [0.4, 0.5) is 0 Å². The second-order valence-electron chi connectivity index (χ2n) is 7.74. The molecule has 6 heteroatoms. The number of aromatic amines is 1. The summed E-state index contributed by atoms with van der Waals surface area (Å²) in [5.41, 5.74) is 2.55. The van der Waals surface area contributed by atoms with Crippen molar-refractivity contribution >= 4 is 5.91 Å². The van der Waals surface area contributed by atoms with Crippen LogP contribution in [0.3, 0.4) is 0 Å². The number of ether oxygens (including phenoxy) is 1. The Morgan fingerprint density at radius 3 is 2.89 bits per heavy atom. The number of benzene rings is 1. The number of fused-ring (bicyclic) bond motifs is 1. The second kappa shape index (κ2) is 7.82. The number of H-pyrrole nitrogens is 1. The maximum absolute atomic E-state index is 12.9. The first kappa shape index (κ1) is 18.2. The Morgan fingerprint density at radius 1 is 1.30 bits per heavy atom. The first-order valence-electron chi connectivity index (χ1n) is 9.72. The highest BCUT2D eigenvalue weighted by Gasteiger charge is 2.49. The zero-order valence-corrected chi connectivity index (χ0v) is 16.1. The maximum Gasteiger partial charge on any atom is 0.225 e. The third-order valence-electron chi connectivity index (χ3n) is 6.02. The number of hydrogen-bond acceptors (Lipinski definition) is 4. The Balaban J connectivity index is 1.56. The molecule has 27 heavy (non-hydrogen) atoms. The molecule has 3 heterocycles. The average Bonchev–Trinajstić information content (AvgIpc) is 3.37. The van der Waals surface area contributed by atoms with E-state index in [1.54, 1.807) is 13.3 Å². The molecule has 2 saturated heterocycles. The fraction of sp³-hybridized carbons (Fsp3) is 0.524. The Kier molecular flexibility index (Phi) is 5.27. The zero-order valence-electron chi connectivity index (χ0n) is 16.1. The number of rotatable bonds is 6. The van der Waals surface area contributed by atoms with Gasteiger partial charge in [0.15, 0.2) is 0 Å². The Hall–Kier alpha value is -2.18. The van der Waals surface area contributed by atoms with Gasteiger partial charge in [-0.2, -0.15) is 0 Å². The molecule has 2 aliphatic heterocycles. The third-order valence-corrected chi connectivity index (χ3v) is 6.02. The molecule has 1 amide bonds. The van der Waals surface area contributed by atoms with Crippen molar-refractivity contribution < 1.29 is 9.53 Å². The number of amides is 1. The van der Waals surface area contributed by atoms with E-state index in [1.165, 1.54) is 11.1 Å². The minimum absolute atomic E-state index is 0.155. The summed E-state index contributed by atoms with van der Waals surface area (Å²) in [6, 6.07) is 8.65. The van der Waals surface area contributed by atoms with Crippen LogP contribution in [0.15, 0.2) is 36.7 Å². The quantitative estimate of drug-likeness (QED) is 0.850. The number of aromatic nitrogens is 2. The molecule has 0 spiro atoms. The molecule has 2 aromatic rings. The summed E-state index contributed by atoms with van der Waals surface area (Å²) in [5, 5.41) is 0. The van der Waals surface area contributed by atoms with Gasteiger partial charge in [-0.05, 0) is 24.0 Å². The number of imidazole rings is 1. The summed E-state index contributed by atoms with van der Waals surface area (Å²) in [4.78, 5) is 25.0. The highest BCUT2D eigenvalue weighted by molar-refractivity contribution is 5.77. The van der Waals surface area contributed by atoms with Gasteiger partial charge in [0.05, 0.1) is 25.6 Å². The summed E-state index contributed by atoms with van der Waals surface area (Å²) in [6.07, 6.45) is 4.13. The number of likely N-dealkylation sites (tertiary alicyclic amines) is 2. The summed E-state index contributed by atoms with van der Waals surface area (Å²) < 4.78 is 5.14. The van der Waals surface area contributed by atoms with E-state index in [0.29, 0.717) is 24.9 Å². The molecule has 0 aliphatic carbocycles. The van der Waals surface area contributed by atoms with Crippen LogP contribution >= 0.6 is 0 Å². The van der Waals surface area contributed by atoms with Crippen LogP contribution in [0.25, 0.3) is 0 Å². The van der Waals surface area contributed by atoms with Crippen LogP contribution in [0.2, 0.25) is 0 Å². The molecule has 1 aromatic carbocycles. The molecule has 0 unspecified atom stereocenters. The highest BCUT2D eigenvalue weighted by atomic mass is 16.5. The molecule has 1 N–H and O–H groups in total. The second-order valence-corrected chi connectivity index (χ2v) is 7.74. The highest BCUT2D eigenvalue weighted by Crippen LogP contribution is 2.46. The largest absolute Gasteiger partial charge is 0.384 e. The van der Waals surface area contributed by atoms with Gasteiger partial charge in [-0.3, -0.25) is 9.69 Å². The van der Waals surface area contributed by atoms with Crippen molar-refractivity contribution in [1.82, 2.24) is 19.8 Å². The molecule has 0 radical (unpaired) electrons. The van der Waals surface area contributed by atoms with E-state index in [-0.39, 0.29) is 11.9 Å². The predicted octanol–water partition coefficient (Wildman–Crippen LogP) is 2.39. The van der Waals surface area contributed by atoms with E-state index in [9.17, 15) is 4.79 Å². The fourth-order valence-electron chi connectivity index (χ4n) is 4.77. The number of methoxy groups -OCH3 is 1. The van der Waals surface area contributed by atoms with E-state index in [4.69, 9.17) is 4.74 Å². The lowest BCUT2D eigenvalue weighted by Crippen LogP contribution is -2.36. The lowest BCUT2D eigenvalue weighted by atomic mass is 9.87. The first-order chi connectivity index (χ1) is 13.2. The Morgan fingerprint density at radius 2 is 2.15 bits per heavy atom. The van der Waals surface area contributed by atoms with Crippen LogP contribution in [-0.4, -0.2) is 59.0 Å². The minimum atomic E-state index is 0.155. The number of nitrogens with zero attached hydrogens (tertiary/aromatic N) is 3. The predicted molar refractivity (Wildman–Crippen MR) is 103 cm³/mol. The van der Waals surface area contributed by atoms with Gasteiger partial charge >= 0.3 is 0 Å². The van der Waals surface area contributed by atoms with Gasteiger partial charge < -0.3 is 14.6 Å². The molecule has 4 rings (SSSR count). The van der Waals surface area contributed by atoms with Crippen molar-refractivity contribution in [3.05, 3.63) is 53.6 Å². The molecule has 2 fully saturated rings. The summed E-state index contributed by atoms with van der Waals surface area (Å²) in [6.45, 7) is 6.32. The number of carbonyl (C=O) groups is 1. The summed E-state index contributed by atoms with van der Waals surface area (Å²) in [7, 11) is 1.65. The van der Waals surface area contributed by atoms with Crippen LogP contribution in [0.1, 0.15) is 29.4 Å². The topological polar surface area (TPSA) is 61.5 Å². The normalized spacial score (nSPS) is 25.1. The van der Waals surface area contributed by atoms with E-state index in [0.717, 1.165) is 32.0 Å². The molecule has 2 aliphatic rings. The van der Waals surface area contributed by atoms with Crippen molar-refractivity contribution in [1.29, 1.82) is 0 Å². The molecule has 144 valence electrons. The van der Waals surface area contributed by atoms with Gasteiger partial charge in [-0.1, -0.05) is 24.3 Å². The SMILES string of the molecule is COCCC(=O)N1C[C@@H]2CN(Cc3ncc[nH]3)C[C@@H]2[C@H]1c1ccccc1C. The summed E-state index contributed by atoms with van der Waals surface area (Å²) in [5.74, 6) is 2.19. The third kappa shape index (κ3) is 3.64. The minimum Gasteiger partial charge on any atom is -0.384 e. The monoisotopic (exact) mass is 368 g/mol. The molecular formula is C21H28N4O2. The van der Waals surface area contributed by atoms with Gasteiger partial charge in [0.25, 0.3) is 0 Å². The molecule has 1 aromatic heterocycles.